The highest BCUT2D eigenvalue weighted by molar-refractivity contribution is 5.98. The molecule has 6 heteroatoms. The number of aromatic amines is 1. The van der Waals surface area contributed by atoms with Crippen molar-refractivity contribution in [2.75, 3.05) is 24.5 Å². The van der Waals surface area contributed by atoms with Gasteiger partial charge in [0.15, 0.2) is 0 Å². The van der Waals surface area contributed by atoms with E-state index in [0.29, 0.717) is 18.0 Å². The first-order valence-electron chi connectivity index (χ1n) is 8.19. The zero-order chi connectivity index (χ0) is 16.1. The van der Waals surface area contributed by atoms with Crippen LogP contribution in [0.4, 0.5) is 5.82 Å². The minimum absolute atomic E-state index is 0.0640. The first kappa shape index (κ1) is 15.5. The van der Waals surface area contributed by atoms with Crippen molar-refractivity contribution in [1.82, 2.24) is 20.3 Å². The van der Waals surface area contributed by atoms with E-state index in [1.807, 2.05) is 12.1 Å². The van der Waals surface area contributed by atoms with Crippen LogP contribution in [0.3, 0.4) is 0 Å². The van der Waals surface area contributed by atoms with E-state index in [-0.39, 0.29) is 5.91 Å². The summed E-state index contributed by atoms with van der Waals surface area (Å²) in [6.45, 7) is 4.76. The molecule has 1 atom stereocenters. The summed E-state index contributed by atoms with van der Waals surface area (Å²) < 4.78 is 0. The van der Waals surface area contributed by atoms with Crippen LogP contribution in [-0.4, -0.2) is 40.5 Å². The van der Waals surface area contributed by atoms with E-state index in [1.165, 1.54) is 6.42 Å². The molecule has 0 aromatic carbocycles. The molecule has 23 heavy (non-hydrogen) atoms. The number of rotatable bonds is 5. The number of hydrogen-bond acceptors (Lipinski definition) is 4. The number of anilines is 1. The van der Waals surface area contributed by atoms with Gasteiger partial charge in [-0.2, -0.15) is 0 Å². The molecule has 3 rings (SSSR count). The van der Waals surface area contributed by atoms with Crippen LogP contribution in [0.1, 0.15) is 35.8 Å². The van der Waals surface area contributed by atoms with Crippen molar-refractivity contribution >= 4 is 11.7 Å². The fraction of sp³-hybridized carbons (Fsp3) is 0.471. The molecule has 0 radical (unpaired) electrons. The maximum absolute atomic E-state index is 12.5. The molecular formula is C17H23N5O. The zero-order valence-electron chi connectivity index (χ0n) is 13.5. The highest BCUT2D eigenvalue weighted by Gasteiger charge is 2.22. The van der Waals surface area contributed by atoms with Gasteiger partial charge in [0, 0.05) is 44.1 Å². The van der Waals surface area contributed by atoms with E-state index in [0.717, 1.165) is 37.4 Å². The standard InChI is InChI=1S/C17H23N5O/c1-13-4-3-9-22(11-13)16-15(5-2-7-19-16)17(23)20-8-6-14-10-18-12-21-14/h2,5,7,10,12-13H,3-4,6,8-9,11H2,1H3,(H,18,21)(H,20,23). The summed E-state index contributed by atoms with van der Waals surface area (Å²) in [7, 11) is 0. The quantitative estimate of drug-likeness (QED) is 0.885. The summed E-state index contributed by atoms with van der Waals surface area (Å²) in [4.78, 5) is 26.2. The Morgan fingerprint density at radius 1 is 1.52 bits per heavy atom. The Hall–Kier alpha value is -2.37. The summed E-state index contributed by atoms with van der Waals surface area (Å²) in [5.74, 6) is 1.38. The summed E-state index contributed by atoms with van der Waals surface area (Å²) in [6.07, 6.45) is 8.32. The van der Waals surface area contributed by atoms with Crippen molar-refractivity contribution < 1.29 is 4.79 Å². The summed E-state index contributed by atoms with van der Waals surface area (Å²) in [5, 5.41) is 2.97. The average molecular weight is 313 g/mol. The second-order valence-electron chi connectivity index (χ2n) is 6.15. The molecule has 0 bridgehead atoms. The molecule has 1 aliphatic rings. The van der Waals surface area contributed by atoms with Crippen LogP contribution < -0.4 is 10.2 Å². The predicted octanol–water partition coefficient (Wildman–Crippen LogP) is 2.01. The molecule has 0 saturated carbocycles. The highest BCUT2D eigenvalue weighted by Crippen LogP contribution is 2.24. The van der Waals surface area contributed by atoms with Crippen LogP contribution in [-0.2, 0) is 6.42 Å². The van der Waals surface area contributed by atoms with Gasteiger partial charge in [0.05, 0.1) is 11.9 Å². The van der Waals surface area contributed by atoms with E-state index in [2.05, 4.69) is 32.1 Å². The van der Waals surface area contributed by atoms with Gasteiger partial charge in [0.25, 0.3) is 5.91 Å². The van der Waals surface area contributed by atoms with Crippen molar-refractivity contribution in [1.29, 1.82) is 0 Å². The zero-order valence-corrected chi connectivity index (χ0v) is 13.5. The van der Waals surface area contributed by atoms with Gasteiger partial charge in [-0.05, 0) is 30.9 Å². The van der Waals surface area contributed by atoms with Crippen LogP contribution in [0, 0.1) is 5.92 Å². The Morgan fingerprint density at radius 2 is 2.43 bits per heavy atom. The number of nitrogens with zero attached hydrogens (tertiary/aromatic N) is 3. The fourth-order valence-corrected chi connectivity index (χ4v) is 3.04. The number of aromatic nitrogens is 3. The van der Waals surface area contributed by atoms with Crippen LogP contribution >= 0.6 is 0 Å². The topological polar surface area (TPSA) is 73.9 Å². The first-order valence-corrected chi connectivity index (χ1v) is 8.19. The molecule has 2 aromatic heterocycles. The normalized spacial score (nSPS) is 18.0. The number of carbonyl (C=O) groups is 1. The maximum Gasteiger partial charge on any atom is 0.255 e. The predicted molar refractivity (Wildman–Crippen MR) is 89.5 cm³/mol. The third-order valence-corrected chi connectivity index (χ3v) is 4.22. The molecule has 1 fully saturated rings. The smallest absolute Gasteiger partial charge is 0.255 e. The van der Waals surface area contributed by atoms with Gasteiger partial charge in [-0.1, -0.05) is 6.92 Å². The lowest BCUT2D eigenvalue weighted by Crippen LogP contribution is -2.37. The van der Waals surface area contributed by atoms with E-state index in [1.54, 1.807) is 18.7 Å². The van der Waals surface area contributed by atoms with Gasteiger partial charge < -0.3 is 15.2 Å². The SMILES string of the molecule is CC1CCCN(c2ncccc2C(=O)NCCc2cnc[nH]2)C1. The van der Waals surface area contributed by atoms with E-state index >= 15 is 0 Å². The van der Waals surface area contributed by atoms with Gasteiger partial charge in [-0.15, -0.1) is 0 Å². The average Bonchev–Trinajstić information content (AvgIpc) is 3.08. The second kappa shape index (κ2) is 7.26. The molecule has 1 unspecified atom stereocenters. The largest absolute Gasteiger partial charge is 0.356 e. The molecule has 0 aliphatic carbocycles. The molecule has 2 N–H and O–H groups in total. The first-order chi connectivity index (χ1) is 11.2. The minimum atomic E-state index is -0.0640. The number of pyridine rings is 1. The molecule has 1 aliphatic heterocycles. The molecular weight excluding hydrogens is 290 g/mol. The number of imidazole rings is 1. The minimum Gasteiger partial charge on any atom is -0.356 e. The summed E-state index contributed by atoms with van der Waals surface area (Å²) in [6, 6.07) is 3.67. The number of hydrogen-bond donors (Lipinski definition) is 2. The Bertz CT molecular complexity index is 640. The van der Waals surface area contributed by atoms with Crippen molar-refractivity contribution in [2.45, 2.75) is 26.2 Å². The number of H-pyrrole nitrogens is 1. The van der Waals surface area contributed by atoms with Crippen LogP contribution in [0.25, 0.3) is 0 Å². The van der Waals surface area contributed by atoms with Gasteiger partial charge in [0.2, 0.25) is 0 Å². The molecule has 6 nitrogen and oxygen atoms in total. The third kappa shape index (κ3) is 3.88. The van der Waals surface area contributed by atoms with Gasteiger partial charge >= 0.3 is 0 Å². The lowest BCUT2D eigenvalue weighted by molar-refractivity contribution is 0.0954. The maximum atomic E-state index is 12.5. The van der Waals surface area contributed by atoms with E-state index < -0.39 is 0 Å². The lowest BCUT2D eigenvalue weighted by Gasteiger charge is -2.32. The highest BCUT2D eigenvalue weighted by atomic mass is 16.1. The van der Waals surface area contributed by atoms with Crippen LogP contribution in [0.5, 0.6) is 0 Å². The molecule has 1 amide bonds. The van der Waals surface area contributed by atoms with Crippen molar-refractivity contribution in [3.63, 3.8) is 0 Å². The molecule has 3 heterocycles. The van der Waals surface area contributed by atoms with Gasteiger partial charge in [0.1, 0.15) is 5.82 Å². The van der Waals surface area contributed by atoms with Crippen molar-refractivity contribution in [3.8, 4) is 0 Å². The van der Waals surface area contributed by atoms with Crippen LogP contribution in [0.15, 0.2) is 30.9 Å². The van der Waals surface area contributed by atoms with Crippen LogP contribution in [0.2, 0.25) is 0 Å². The molecule has 2 aromatic rings. The number of carbonyl (C=O) groups excluding carboxylic acids is 1. The Kier molecular flexibility index (Phi) is 4.90. The summed E-state index contributed by atoms with van der Waals surface area (Å²) in [5.41, 5.74) is 1.67. The van der Waals surface area contributed by atoms with Crippen molar-refractivity contribution in [2.24, 2.45) is 5.92 Å². The Labute approximate surface area is 136 Å². The lowest BCUT2D eigenvalue weighted by atomic mass is 10.00. The van der Waals surface area contributed by atoms with E-state index in [4.69, 9.17) is 0 Å². The third-order valence-electron chi connectivity index (χ3n) is 4.22. The Morgan fingerprint density at radius 3 is 3.22 bits per heavy atom. The Balaban J connectivity index is 1.65. The fourth-order valence-electron chi connectivity index (χ4n) is 3.04. The molecule has 0 spiro atoms. The monoisotopic (exact) mass is 313 g/mol. The molecule has 122 valence electrons. The molecule has 1 saturated heterocycles. The number of amides is 1. The van der Waals surface area contributed by atoms with Gasteiger partial charge in [-0.3, -0.25) is 4.79 Å². The second-order valence-corrected chi connectivity index (χ2v) is 6.15. The summed E-state index contributed by atoms with van der Waals surface area (Å²) >= 11 is 0. The number of piperidine rings is 1. The number of nitrogens with one attached hydrogen (secondary N) is 2. The van der Waals surface area contributed by atoms with E-state index in [9.17, 15) is 4.79 Å². The van der Waals surface area contributed by atoms with Gasteiger partial charge in [-0.25, -0.2) is 9.97 Å². The van der Waals surface area contributed by atoms with Crippen molar-refractivity contribution in [3.05, 3.63) is 42.1 Å².